The first kappa shape index (κ1) is 18.9. The van der Waals surface area contributed by atoms with Crippen molar-refractivity contribution in [3.05, 3.63) is 29.8 Å². The number of hydrogen-bond donors (Lipinski definition) is 1. The van der Waals surface area contributed by atoms with Crippen molar-refractivity contribution < 1.29 is 13.2 Å². The Labute approximate surface area is 145 Å². The molecule has 1 amide bonds. The van der Waals surface area contributed by atoms with Gasteiger partial charge in [0.05, 0.1) is 4.90 Å². The Morgan fingerprint density at radius 2 is 1.71 bits per heavy atom. The molecule has 1 aromatic rings. The van der Waals surface area contributed by atoms with E-state index in [2.05, 4.69) is 4.72 Å². The van der Waals surface area contributed by atoms with E-state index in [0.29, 0.717) is 17.7 Å². The number of sulfonamides is 1. The van der Waals surface area contributed by atoms with Gasteiger partial charge in [-0.25, -0.2) is 13.1 Å². The molecule has 0 aliphatic heterocycles. The van der Waals surface area contributed by atoms with Gasteiger partial charge in [0.15, 0.2) is 0 Å². The Bertz CT molecular complexity index is 631. The van der Waals surface area contributed by atoms with Gasteiger partial charge in [-0.15, -0.1) is 0 Å². The van der Waals surface area contributed by atoms with Crippen molar-refractivity contribution in [3.8, 4) is 0 Å². The SMILES string of the molecule is CCN(CC)C(=O)CCc1ccc(S(=O)(=O)NC2CCCC2)cc1. The maximum Gasteiger partial charge on any atom is 0.240 e. The zero-order valence-corrected chi connectivity index (χ0v) is 15.4. The molecule has 0 spiro atoms. The molecule has 5 nitrogen and oxygen atoms in total. The Morgan fingerprint density at radius 3 is 2.25 bits per heavy atom. The largest absolute Gasteiger partial charge is 0.343 e. The fraction of sp³-hybridized carbons (Fsp3) is 0.611. The lowest BCUT2D eigenvalue weighted by atomic mass is 10.1. The standard InChI is InChI=1S/C18H28N2O3S/c1-3-20(4-2)18(21)14-11-15-9-12-17(13-10-15)24(22,23)19-16-7-5-6-8-16/h9-10,12-13,16,19H,3-8,11,14H2,1-2H3. The van der Waals surface area contributed by atoms with Crippen molar-refractivity contribution in [1.29, 1.82) is 0 Å². The summed E-state index contributed by atoms with van der Waals surface area (Å²) in [5.41, 5.74) is 0.982. The van der Waals surface area contributed by atoms with Crippen LogP contribution in [0.4, 0.5) is 0 Å². The smallest absolute Gasteiger partial charge is 0.240 e. The predicted octanol–water partition coefficient (Wildman–Crippen LogP) is 2.71. The lowest BCUT2D eigenvalue weighted by Gasteiger charge is -2.18. The van der Waals surface area contributed by atoms with Crippen molar-refractivity contribution in [1.82, 2.24) is 9.62 Å². The zero-order chi connectivity index (χ0) is 17.6. The first-order chi connectivity index (χ1) is 11.5. The highest BCUT2D eigenvalue weighted by Gasteiger charge is 2.22. The van der Waals surface area contributed by atoms with Gasteiger partial charge in [0, 0.05) is 25.6 Å². The summed E-state index contributed by atoms with van der Waals surface area (Å²) in [6.45, 7) is 5.38. The molecule has 1 saturated carbocycles. The molecule has 1 N–H and O–H groups in total. The maximum absolute atomic E-state index is 12.4. The third-order valence-electron chi connectivity index (χ3n) is 4.65. The van der Waals surface area contributed by atoms with Gasteiger partial charge in [-0.05, 0) is 50.8 Å². The van der Waals surface area contributed by atoms with Gasteiger partial charge in [-0.2, -0.15) is 0 Å². The number of amides is 1. The molecule has 24 heavy (non-hydrogen) atoms. The zero-order valence-electron chi connectivity index (χ0n) is 14.6. The number of rotatable bonds is 8. The average Bonchev–Trinajstić information content (AvgIpc) is 3.06. The first-order valence-corrected chi connectivity index (χ1v) is 10.3. The second-order valence-corrected chi connectivity index (χ2v) is 8.03. The molecular formula is C18H28N2O3S. The summed E-state index contributed by atoms with van der Waals surface area (Å²) < 4.78 is 27.5. The van der Waals surface area contributed by atoms with Gasteiger partial charge in [-0.3, -0.25) is 4.79 Å². The Hall–Kier alpha value is -1.40. The van der Waals surface area contributed by atoms with Crippen molar-refractivity contribution in [2.24, 2.45) is 0 Å². The molecule has 6 heteroatoms. The van der Waals surface area contributed by atoms with Gasteiger partial charge < -0.3 is 4.90 Å². The average molecular weight is 353 g/mol. The Kier molecular flexibility index (Phi) is 6.80. The van der Waals surface area contributed by atoms with Gasteiger partial charge in [0.25, 0.3) is 0 Å². The molecule has 2 rings (SSSR count). The molecular weight excluding hydrogens is 324 g/mol. The molecule has 0 bridgehead atoms. The van der Waals surface area contributed by atoms with Gasteiger partial charge in [0.2, 0.25) is 15.9 Å². The molecule has 0 heterocycles. The van der Waals surface area contributed by atoms with E-state index in [9.17, 15) is 13.2 Å². The van der Waals surface area contributed by atoms with E-state index in [1.54, 1.807) is 24.3 Å². The van der Waals surface area contributed by atoms with Crippen LogP contribution in [0.5, 0.6) is 0 Å². The van der Waals surface area contributed by atoms with Crippen LogP contribution in [0.25, 0.3) is 0 Å². The summed E-state index contributed by atoms with van der Waals surface area (Å²) in [4.78, 5) is 14.1. The van der Waals surface area contributed by atoms with Crippen molar-refractivity contribution in [2.45, 2.75) is 63.3 Å². The summed E-state index contributed by atoms with van der Waals surface area (Å²) in [6, 6.07) is 6.95. The van der Waals surface area contributed by atoms with Crippen molar-refractivity contribution >= 4 is 15.9 Å². The van der Waals surface area contributed by atoms with E-state index >= 15 is 0 Å². The maximum atomic E-state index is 12.4. The van der Waals surface area contributed by atoms with Gasteiger partial charge in [-0.1, -0.05) is 25.0 Å². The molecule has 0 radical (unpaired) electrons. The minimum atomic E-state index is -3.44. The summed E-state index contributed by atoms with van der Waals surface area (Å²) >= 11 is 0. The number of benzene rings is 1. The van der Waals surface area contributed by atoms with Crippen LogP contribution in [-0.2, 0) is 21.2 Å². The van der Waals surface area contributed by atoms with Crippen molar-refractivity contribution in [2.75, 3.05) is 13.1 Å². The highest BCUT2D eigenvalue weighted by molar-refractivity contribution is 7.89. The molecule has 1 aliphatic rings. The fourth-order valence-electron chi connectivity index (χ4n) is 3.15. The number of nitrogens with zero attached hydrogens (tertiary/aromatic N) is 1. The van der Waals surface area contributed by atoms with Crippen molar-refractivity contribution in [3.63, 3.8) is 0 Å². The molecule has 1 aromatic carbocycles. The second kappa shape index (κ2) is 8.62. The molecule has 0 aromatic heterocycles. The summed E-state index contributed by atoms with van der Waals surface area (Å²) in [7, 11) is -3.44. The molecule has 0 unspecified atom stereocenters. The quantitative estimate of drug-likeness (QED) is 0.782. The van der Waals surface area contributed by atoms with Crippen LogP contribution in [-0.4, -0.2) is 38.4 Å². The summed E-state index contributed by atoms with van der Waals surface area (Å²) in [5, 5.41) is 0. The normalized spacial score (nSPS) is 15.6. The third kappa shape index (κ3) is 5.05. The van der Waals surface area contributed by atoms with Gasteiger partial charge >= 0.3 is 0 Å². The number of hydrogen-bond acceptors (Lipinski definition) is 3. The van der Waals surface area contributed by atoms with E-state index in [1.807, 2.05) is 18.7 Å². The number of nitrogens with one attached hydrogen (secondary N) is 1. The lowest BCUT2D eigenvalue weighted by molar-refractivity contribution is -0.130. The Morgan fingerprint density at radius 1 is 1.12 bits per heavy atom. The summed E-state index contributed by atoms with van der Waals surface area (Å²) in [6.07, 6.45) is 5.11. The van der Waals surface area contributed by atoms with E-state index < -0.39 is 10.0 Å². The van der Waals surface area contributed by atoms with Crippen LogP contribution in [0.15, 0.2) is 29.2 Å². The van der Waals surface area contributed by atoms with Crippen LogP contribution in [0.3, 0.4) is 0 Å². The van der Waals surface area contributed by atoms with E-state index in [1.165, 1.54) is 0 Å². The predicted molar refractivity (Wildman–Crippen MR) is 95.3 cm³/mol. The number of carbonyl (C=O) groups excluding carboxylic acids is 1. The minimum Gasteiger partial charge on any atom is -0.343 e. The summed E-state index contributed by atoms with van der Waals surface area (Å²) in [5.74, 6) is 0.139. The monoisotopic (exact) mass is 352 g/mol. The Balaban J connectivity index is 1.93. The topological polar surface area (TPSA) is 66.5 Å². The first-order valence-electron chi connectivity index (χ1n) is 8.85. The fourth-order valence-corrected chi connectivity index (χ4v) is 4.46. The van der Waals surface area contributed by atoms with Gasteiger partial charge in [0.1, 0.15) is 0 Å². The van der Waals surface area contributed by atoms with E-state index in [4.69, 9.17) is 0 Å². The van der Waals surface area contributed by atoms with E-state index in [-0.39, 0.29) is 11.9 Å². The molecule has 1 aliphatic carbocycles. The molecule has 1 fully saturated rings. The minimum absolute atomic E-state index is 0.0707. The highest BCUT2D eigenvalue weighted by atomic mass is 32.2. The molecule has 134 valence electrons. The van der Waals surface area contributed by atoms with E-state index in [0.717, 1.165) is 44.3 Å². The second-order valence-electron chi connectivity index (χ2n) is 6.31. The molecule has 0 saturated heterocycles. The van der Waals surface area contributed by atoms with Crippen LogP contribution < -0.4 is 4.72 Å². The third-order valence-corrected chi connectivity index (χ3v) is 6.19. The molecule has 0 atom stereocenters. The number of aryl methyl sites for hydroxylation is 1. The highest BCUT2D eigenvalue weighted by Crippen LogP contribution is 2.20. The van der Waals surface area contributed by atoms with Crippen LogP contribution in [0.1, 0.15) is 51.5 Å². The number of carbonyl (C=O) groups is 1. The van der Waals surface area contributed by atoms with Crippen LogP contribution >= 0.6 is 0 Å². The van der Waals surface area contributed by atoms with Crippen LogP contribution in [0, 0.1) is 0 Å². The lowest BCUT2D eigenvalue weighted by Crippen LogP contribution is -2.32. The van der Waals surface area contributed by atoms with Crippen LogP contribution in [0.2, 0.25) is 0 Å².